The highest BCUT2D eigenvalue weighted by atomic mass is 35.5. The Bertz CT molecular complexity index is 1190. The number of benzene rings is 1. The highest BCUT2D eigenvalue weighted by Crippen LogP contribution is 2.25. The number of alkyl carbamates (subject to hydrolysis) is 1. The van der Waals surface area contributed by atoms with Gasteiger partial charge in [-0.15, -0.1) is 0 Å². The summed E-state index contributed by atoms with van der Waals surface area (Å²) in [6, 6.07) is 5.11. The molecule has 0 bridgehead atoms. The molecule has 0 radical (unpaired) electrons. The van der Waals surface area contributed by atoms with Crippen molar-refractivity contribution in [1.29, 1.82) is 0 Å². The van der Waals surface area contributed by atoms with E-state index >= 15 is 0 Å². The van der Waals surface area contributed by atoms with Gasteiger partial charge in [0, 0.05) is 11.8 Å². The van der Waals surface area contributed by atoms with Crippen molar-refractivity contribution in [2.75, 3.05) is 0 Å². The van der Waals surface area contributed by atoms with Crippen molar-refractivity contribution in [3.05, 3.63) is 63.4 Å². The Kier molecular flexibility index (Phi) is 6.26. The van der Waals surface area contributed by atoms with E-state index in [1.54, 1.807) is 39.8 Å². The molecule has 3 rings (SSSR count). The van der Waals surface area contributed by atoms with Gasteiger partial charge in [-0.3, -0.25) is 14.3 Å². The smallest absolute Gasteiger partial charge is 0.408 e. The first-order chi connectivity index (χ1) is 14.5. The summed E-state index contributed by atoms with van der Waals surface area (Å²) in [6.07, 6.45) is -1.21. The van der Waals surface area contributed by atoms with Crippen molar-refractivity contribution in [3.8, 4) is 5.69 Å². The van der Waals surface area contributed by atoms with Gasteiger partial charge in [0.1, 0.15) is 11.4 Å². The zero-order valence-corrected chi connectivity index (χ0v) is 18.1. The quantitative estimate of drug-likeness (QED) is 0.607. The number of nitrogens with zero attached hydrogens (tertiary/aromatic N) is 3. The maximum Gasteiger partial charge on any atom is 0.408 e. The lowest BCUT2D eigenvalue weighted by atomic mass is 10.2. The predicted octanol–water partition coefficient (Wildman–Crippen LogP) is 4.96. The van der Waals surface area contributed by atoms with Crippen LogP contribution in [0.5, 0.6) is 0 Å². The summed E-state index contributed by atoms with van der Waals surface area (Å²) in [6.45, 7) is 6.74. The van der Waals surface area contributed by atoms with Gasteiger partial charge in [-0.05, 0) is 45.9 Å². The number of halogens is 3. The molecule has 2 heterocycles. The van der Waals surface area contributed by atoms with E-state index < -0.39 is 29.7 Å². The van der Waals surface area contributed by atoms with Crippen LogP contribution in [-0.2, 0) is 4.74 Å². The van der Waals surface area contributed by atoms with Gasteiger partial charge in [0.25, 0.3) is 12.0 Å². The lowest BCUT2D eigenvalue weighted by Crippen LogP contribution is -2.37. The first-order valence-electron chi connectivity index (χ1n) is 9.42. The normalized spacial score (nSPS) is 12.8. The van der Waals surface area contributed by atoms with Crippen LogP contribution in [0.4, 0.5) is 13.6 Å². The third-order valence-electron chi connectivity index (χ3n) is 4.25. The Hall–Kier alpha value is -3.07. The molecular weight excluding hydrogens is 430 g/mol. The van der Waals surface area contributed by atoms with Crippen molar-refractivity contribution in [3.63, 3.8) is 0 Å². The lowest BCUT2D eigenvalue weighted by molar-refractivity contribution is 0.0505. The highest BCUT2D eigenvalue weighted by Gasteiger charge is 2.24. The number of amides is 1. The molecule has 0 aliphatic carbocycles. The van der Waals surface area contributed by atoms with Crippen molar-refractivity contribution >= 4 is 28.6 Å². The van der Waals surface area contributed by atoms with Gasteiger partial charge in [0.2, 0.25) is 0 Å². The Morgan fingerprint density at radius 1 is 1.26 bits per heavy atom. The van der Waals surface area contributed by atoms with Gasteiger partial charge >= 0.3 is 6.09 Å². The molecule has 1 amide bonds. The molecule has 0 aliphatic rings. The molecule has 0 aliphatic heterocycles. The summed E-state index contributed by atoms with van der Waals surface area (Å²) in [5.41, 5.74) is -1.29. The van der Waals surface area contributed by atoms with Crippen LogP contribution in [0.15, 0.2) is 41.5 Å². The average Bonchev–Trinajstić information content (AvgIpc) is 2.66. The van der Waals surface area contributed by atoms with E-state index in [-0.39, 0.29) is 27.5 Å². The molecular formula is C21H21ClF2N4O3. The van der Waals surface area contributed by atoms with E-state index in [4.69, 9.17) is 16.3 Å². The molecule has 0 saturated carbocycles. The number of ether oxygens (including phenoxy) is 1. The standard InChI is InChI=1S/C21H21ClF2N4O3/c1-11(26-20(30)31-21(2,3)4)18-27-15-7-5-6-14(22)16(15)19(29)28(18)13-8-12(17(23)24)9-25-10-13/h5-11,17H,1-4H3,(H,26,30). The Balaban J connectivity index is 2.20. The van der Waals surface area contributed by atoms with Crippen molar-refractivity contribution in [2.45, 2.75) is 45.8 Å². The van der Waals surface area contributed by atoms with Gasteiger partial charge in [0.05, 0.1) is 33.9 Å². The fourth-order valence-electron chi connectivity index (χ4n) is 2.98. The Morgan fingerprint density at radius 2 is 1.97 bits per heavy atom. The van der Waals surface area contributed by atoms with Crippen LogP contribution in [0.3, 0.4) is 0 Å². The molecule has 1 aromatic carbocycles. The van der Waals surface area contributed by atoms with Gasteiger partial charge in [0.15, 0.2) is 0 Å². The summed E-state index contributed by atoms with van der Waals surface area (Å²) >= 11 is 6.21. The number of fused-ring (bicyclic) bond motifs is 1. The summed E-state index contributed by atoms with van der Waals surface area (Å²) < 4.78 is 32.8. The minimum Gasteiger partial charge on any atom is -0.444 e. The van der Waals surface area contributed by atoms with Crippen molar-refractivity contribution in [2.24, 2.45) is 0 Å². The van der Waals surface area contributed by atoms with E-state index in [0.29, 0.717) is 5.52 Å². The van der Waals surface area contributed by atoms with Crippen LogP contribution in [-0.4, -0.2) is 26.2 Å². The second-order valence-corrected chi connectivity index (χ2v) is 8.30. The SMILES string of the molecule is CC(NC(=O)OC(C)(C)C)c1nc2cccc(Cl)c2c(=O)n1-c1cncc(C(F)F)c1. The number of pyridine rings is 1. The number of carbonyl (C=O) groups excluding carboxylic acids is 1. The third-order valence-corrected chi connectivity index (χ3v) is 4.56. The topological polar surface area (TPSA) is 86.1 Å². The van der Waals surface area contributed by atoms with E-state index in [1.807, 2.05) is 0 Å². The molecule has 3 aromatic rings. The number of rotatable bonds is 4. The van der Waals surface area contributed by atoms with Crippen molar-refractivity contribution in [1.82, 2.24) is 19.9 Å². The minimum absolute atomic E-state index is 0.0740. The molecule has 10 heteroatoms. The van der Waals surface area contributed by atoms with E-state index in [2.05, 4.69) is 15.3 Å². The molecule has 31 heavy (non-hydrogen) atoms. The van der Waals surface area contributed by atoms with Gasteiger partial charge in [-0.2, -0.15) is 0 Å². The molecule has 1 atom stereocenters. The Morgan fingerprint density at radius 3 is 2.61 bits per heavy atom. The van der Waals surface area contributed by atoms with Gasteiger partial charge < -0.3 is 10.1 Å². The largest absolute Gasteiger partial charge is 0.444 e. The van der Waals surface area contributed by atoms with Gasteiger partial charge in [-0.1, -0.05) is 17.7 Å². The summed E-state index contributed by atoms with van der Waals surface area (Å²) in [7, 11) is 0. The molecule has 7 nitrogen and oxygen atoms in total. The van der Waals surface area contributed by atoms with Crippen LogP contribution < -0.4 is 10.9 Å². The fourth-order valence-corrected chi connectivity index (χ4v) is 3.23. The van der Waals surface area contributed by atoms with E-state index in [0.717, 1.165) is 16.8 Å². The van der Waals surface area contributed by atoms with Crippen LogP contribution in [0.2, 0.25) is 5.02 Å². The molecule has 164 valence electrons. The zero-order chi connectivity index (χ0) is 22.9. The van der Waals surface area contributed by atoms with Crippen LogP contribution in [0.25, 0.3) is 16.6 Å². The summed E-state index contributed by atoms with van der Waals surface area (Å²) in [5.74, 6) is 0.110. The monoisotopic (exact) mass is 450 g/mol. The average molecular weight is 451 g/mol. The highest BCUT2D eigenvalue weighted by molar-refractivity contribution is 6.35. The summed E-state index contributed by atoms with van der Waals surface area (Å²) in [5, 5.41) is 2.91. The number of nitrogens with one attached hydrogen (secondary N) is 1. The van der Waals surface area contributed by atoms with E-state index in [1.165, 1.54) is 12.3 Å². The lowest BCUT2D eigenvalue weighted by Gasteiger charge is -2.23. The fraction of sp³-hybridized carbons (Fsp3) is 0.333. The number of hydrogen-bond donors (Lipinski definition) is 1. The van der Waals surface area contributed by atoms with Crippen molar-refractivity contribution < 1.29 is 18.3 Å². The molecule has 0 spiro atoms. The van der Waals surface area contributed by atoms with Gasteiger partial charge in [-0.25, -0.2) is 18.6 Å². The number of alkyl halides is 2. The maximum absolute atomic E-state index is 13.4. The molecule has 2 aromatic heterocycles. The first kappa shape index (κ1) is 22.6. The predicted molar refractivity (Wildman–Crippen MR) is 113 cm³/mol. The molecule has 0 saturated heterocycles. The number of hydrogen-bond acceptors (Lipinski definition) is 5. The minimum atomic E-state index is -2.78. The number of aromatic nitrogens is 3. The van der Waals surface area contributed by atoms with Crippen LogP contribution in [0.1, 0.15) is 51.6 Å². The zero-order valence-electron chi connectivity index (χ0n) is 17.3. The molecule has 1 N–H and O–H groups in total. The first-order valence-corrected chi connectivity index (χ1v) is 9.80. The molecule has 1 unspecified atom stereocenters. The second-order valence-electron chi connectivity index (χ2n) is 7.89. The van der Waals surface area contributed by atoms with Crippen LogP contribution >= 0.6 is 11.6 Å². The number of carbonyl (C=O) groups is 1. The van der Waals surface area contributed by atoms with Crippen LogP contribution in [0, 0.1) is 0 Å². The maximum atomic E-state index is 13.4. The third kappa shape index (κ3) is 4.99. The Labute approximate surface area is 182 Å². The molecule has 0 fully saturated rings. The second kappa shape index (κ2) is 8.58. The van der Waals surface area contributed by atoms with E-state index in [9.17, 15) is 18.4 Å². The summed E-state index contributed by atoms with van der Waals surface area (Å²) in [4.78, 5) is 33.9.